The van der Waals surface area contributed by atoms with Gasteiger partial charge >= 0.3 is 70.8 Å². The topological polar surface area (TPSA) is 358 Å². The van der Waals surface area contributed by atoms with Crippen LogP contribution in [0.25, 0.3) is 16.6 Å². The number of hydrogen-bond acceptors (Lipinski definition) is 19. The van der Waals surface area contributed by atoms with Crippen molar-refractivity contribution in [3.05, 3.63) is 194 Å². The van der Waals surface area contributed by atoms with E-state index in [1.807, 2.05) is 102 Å². The third kappa shape index (κ3) is 33.2. The van der Waals surface area contributed by atoms with Crippen LogP contribution in [0.15, 0.2) is 138 Å². The van der Waals surface area contributed by atoms with E-state index in [0.29, 0.717) is 52.0 Å². The number of aromatic carboxylic acids is 1. The van der Waals surface area contributed by atoms with Crippen molar-refractivity contribution in [3.8, 4) is 28.7 Å². The number of aromatic nitrogens is 2. The van der Waals surface area contributed by atoms with E-state index >= 15 is 0 Å². The minimum absolute atomic E-state index is 0. The number of nitrogen functional groups attached to an aromatic ring is 2. The number of halogens is 5. The Hall–Kier alpha value is -7.12. The number of benzene rings is 6. The summed E-state index contributed by atoms with van der Waals surface area (Å²) >= 11 is 12.6. The Labute approximate surface area is 753 Å². The van der Waals surface area contributed by atoms with E-state index in [4.69, 9.17) is 52.2 Å². The summed E-state index contributed by atoms with van der Waals surface area (Å²) in [7, 11) is 1.00. The fourth-order valence-electron chi connectivity index (χ4n) is 15.8. The molecule has 7 aromatic rings. The zero-order valence-electron chi connectivity index (χ0n) is 69.2. The van der Waals surface area contributed by atoms with Crippen LogP contribution in [0, 0.1) is 72.1 Å². The first-order valence-corrected chi connectivity index (χ1v) is 54.8. The van der Waals surface area contributed by atoms with Gasteiger partial charge in [-0.2, -0.15) is 0 Å². The summed E-state index contributed by atoms with van der Waals surface area (Å²) < 4.78 is 25.4. The number of nitrogens with one attached hydrogen (secondary N) is 1. The number of nitro groups is 2. The SMILES string of the molecule is CO.Cc1ccc(N)c(C(=O)O)c1.Cc1ccc2nc(C)n(-c3ccc(OC4CCN(C(=O)C5CCCC5)CC4)cc3)c(=O)c2c1.Cl.Nc1ccc(OC2CCN(C(=O)C3CCCC3)CC2)cc1.O=C(C1CCCC1)N1CCC(Oc2ccc([N+](=O)[O-])cc2)CC1.O=C(Cl)C1CCCC1.O=[N+]([O-])c1ccc(OC2CCNCC2)cc1.[CH3-].[I][V]([I])[I]. The van der Waals surface area contributed by atoms with E-state index in [1.165, 1.54) is 75.6 Å². The number of carbonyl (C=O) groups is 5. The second-order valence-corrected chi connectivity index (χ2v) is 66.4. The normalized spacial score (nSPS) is 17.2. The molecule has 4 saturated carbocycles. The van der Waals surface area contributed by atoms with Crippen molar-refractivity contribution >= 4 is 147 Å². The first-order chi connectivity index (χ1) is 56.7. The molecule has 120 heavy (non-hydrogen) atoms. The number of non-ortho nitro benzene ring substituents is 2. The summed E-state index contributed by atoms with van der Waals surface area (Å²) in [4.78, 5) is 102. The summed E-state index contributed by atoms with van der Waals surface area (Å²) in [6.45, 7) is 12.3. The number of aliphatic hydroxyl groups is 1. The second kappa shape index (κ2) is 53.1. The van der Waals surface area contributed by atoms with Gasteiger partial charge in [0.25, 0.3) is 16.9 Å². The summed E-state index contributed by atoms with van der Waals surface area (Å²) in [6.07, 6.45) is 25.7. The van der Waals surface area contributed by atoms with Crippen LogP contribution in [0.3, 0.4) is 0 Å². The molecule has 8 aliphatic rings. The van der Waals surface area contributed by atoms with Gasteiger partial charge < -0.3 is 68.1 Å². The number of hydrogen-bond donors (Lipinski definition) is 5. The van der Waals surface area contributed by atoms with E-state index in [2.05, 4.69) is 70.2 Å². The molecule has 5 heterocycles. The molecule has 4 saturated heterocycles. The number of anilines is 2. The number of ether oxygens (including phenoxy) is 4. The molecule has 26 nitrogen and oxygen atoms in total. The molecular weight excluding hydrogens is 1960 g/mol. The Morgan fingerprint density at radius 3 is 1.13 bits per heavy atom. The summed E-state index contributed by atoms with van der Waals surface area (Å²) in [6, 6.07) is 38.3. The van der Waals surface area contributed by atoms with Crippen molar-refractivity contribution in [3.63, 3.8) is 0 Å². The van der Waals surface area contributed by atoms with Crippen LogP contribution in [0.4, 0.5) is 22.7 Å². The van der Waals surface area contributed by atoms with Crippen molar-refractivity contribution in [1.29, 1.82) is 0 Å². The number of rotatable bonds is 16. The van der Waals surface area contributed by atoms with E-state index in [9.17, 15) is 49.0 Å². The van der Waals surface area contributed by atoms with Crippen LogP contribution >= 0.6 is 83.9 Å². The van der Waals surface area contributed by atoms with Crippen LogP contribution in [0.1, 0.15) is 181 Å². The standard InChI is InChI=1S/C27H31N3O3.C17H22N2O4.C17H24N2O2.C11H14N2O3.C8H9NO2.C6H9ClO.CH4O.CH3.ClH.3HI.V/c1-18-7-12-25-24(17-18)27(32)30(19(2)28-25)21-8-10-22(11-9-21)33-23-13-15-29(16-14-23)26(31)20-5-3-4-6-20;20-17(13-3-1-2-4-13)18-11-9-16(10-12-18)23-15-7-5-14(6-8-15)19(21)22;18-14-5-7-15(8-6-14)21-16-9-11-19(12-10-16)17(20)13-3-1-2-4-13;14-13(15)9-1-3-10(4-2-9)16-11-5-7-12-8-6-11;1-5-2-3-7(9)6(4-5)8(10)11;7-6(8)5-3-1-2-4-5;1-2;;;;;;/h7-12,17,20,23H,3-6,13-16H2,1-2H3;5-8,13,16H,1-4,9-12H2;5-8,13,16H,1-4,9-12,18H2;1-4,11-12H,5-8H2;2-4H,9H2,1H3,(H,10,11);5H,1-4H2;2H,1H3;1H3;4*1H;/q;;;;;;;-1;;;;;+3/p-3. The molecule has 656 valence electrons. The number of amides is 3. The molecular formula is C88H117Cl2I3N10O16V-. The molecule has 0 radical (unpaired) electrons. The molecule has 3 amide bonds. The van der Waals surface area contributed by atoms with Crippen molar-refractivity contribution in [1.82, 2.24) is 29.6 Å². The van der Waals surface area contributed by atoms with Gasteiger partial charge in [-0.25, -0.2) is 9.78 Å². The molecule has 4 aliphatic heterocycles. The molecule has 4 aliphatic carbocycles. The van der Waals surface area contributed by atoms with Crippen LogP contribution < -0.4 is 41.3 Å². The number of aryl methyl sites for hydroxylation is 3. The molecule has 0 bridgehead atoms. The monoisotopic (exact) mass is 2070 g/mol. The van der Waals surface area contributed by atoms with E-state index in [-0.39, 0.29) is 94.7 Å². The van der Waals surface area contributed by atoms with Gasteiger partial charge in [-0.05, 0) is 207 Å². The van der Waals surface area contributed by atoms with Gasteiger partial charge in [-0.3, -0.25) is 48.8 Å². The number of carboxylic acids is 1. The van der Waals surface area contributed by atoms with E-state index in [1.54, 1.807) is 47.0 Å². The molecule has 0 unspecified atom stereocenters. The maximum atomic E-state index is 13.1. The van der Waals surface area contributed by atoms with Gasteiger partial charge in [0.05, 0.1) is 32.0 Å². The Kier molecular flexibility index (Phi) is 45.0. The molecule has 0 spiro atoms. The zero-order valence-corrected chi connectivity index (χ0v) is 78.7. The van der Waals surface area contributed by atoms with E-state index < -0.39 is 15.8 Å². The van der Waals surface area contributed by atoms with Gasteiger partial charge in [0.1, 0.15) is 53.2 Å². The van der Waals surface area contributed by atoms with E-state index in [0.717, 1.165) is 202 Å². The number of fused-ring (bicyclic) bond motifs is 1. The molecule has 32 heteroatoms. The summed E-state index contributed by atoms with van der Waals surface area (Å²) in [5, 5.41) is 40.5. The number of carboxylic acid groups (broad SMARTS) is 1. The number of nitro benzene ring substituents is 2. The van der Waals surface area contributed by atoms with Crippen molar-refractivity contribution in [2.24, 2.45) is 23.7 Å². The summed E-state index contributed by atoms with van der Waals surface area (Å²) in [5.41, 5.74) is 15.8. The second-order valence-electron chi connectivity index (χ2n) is 30.7. The van der Waals surface area contributed by atoms with Crippen LogP contribution in [0.5, 0.6) is 23.0 Å². The third-order valence-electron chi connectivity index (χ3n) is 22.2. The maximum absolute atomic E-state index is 13.1. The number of likely N-dealkylation sites (tertiary alicyclic amines) is 3. The number of nitrogens with zero attached hydrogens (tertiary/aromatic N) is 7. The predicted molar refractivity (Wildman–Crippen MR) is 496 cm³/mol. The van der Waals surface area contributed by atoms with Crippen molar-refractivity contribution in [2.75, 3.05) is 70.9 Å². The van der Waals surface area contributed by atoms with Crippen LogP contribution in [-0.2, 0) is 24.1 Å². The van der Waals surface area contributed by atoms with Crippen molar-refractivity contribution in [2.45, 2.75) is 199 Å². The van der Waals surface area contributed by atoms with Gasteiger partial charge in [-0.15, -0.1) is 12.4 Å². The average Bonchev–Trinajstić information content (AvgIpc) is 0.848. The Balaban J connectivity index is 0.000000230. The molecule has 15 rings (SSSR count). The molecule has 7 N–H and O–H groups in total. The van der Waals surface area contributed by atoms with Crippen molar-refractivity contribution < 1.29 is 67.9 Å². The minimum atomic E-state index is -0.980. The number of piperidine rings is 4. The quantitative estimate of drug-likeness (QED) is 0.0150. The molecule has 1 aromatic heterocycles. The average molecular weight is 2070 g/mol. The van der Waals surface area contributed by atoms with Gasteiger partial charge in [0, 0.05) is 144 Å². The summed E-state index contributed by atoms with van der Waals surface area (Å²) in [5.74, 6) is 4.68. The third-order valence-corrected chi connectivity index (χ3v) is 22.6. The molecule has 8 fully saturated rings. The Morgan fingerprint density at radius 1 is 0.492 bits per heavy atom. The molecule has 6 aromatic carbocycles. The number of aliphatic hydroxyl groups excluding tert-OH is 1. The van der Waals surface area contributed by atoms with Crippen LogP contribution in [-0.4, -0.2) is 157 Å². The zero-order chi connectivity index (χ0) is 85.2. The number of nitrogens with two attached hydrogens (primary N) is 2. The predicted octanol–water partition coefficient (Wildman–Crippen LogP) is 18.6. The Bertz CT molecular complexity index is 4390. The fourth-order valence-corrected chi connectivity index (χ4v) is 16.0. The fraction of sp³-hybridized carbons (Fsp3) is 0.500. The van der Waals surface area contributed by atoms with Gasteiger partial charge in [-0.1, -0.05) is 74.6 Å². The van der Waals surface area contributed by atoms with Gasteiger partial charge in [0.15, 0.2) is 0 Å². The van der Waals surface area contributed by atoms with Crippen LogP contribution in [0.2, 0.25) is 0 Å². The Morgan fingerprint density at radius 2 is 0.808 bits per heavy atom. The first kappa shape index (κ1) is 102. The first-order valence-electron chi connectivity index (χ1n) is 40.9. The molecule has 0 atom stereocenters. The number of carbonyl (C=O) groups excluding carboxylic acids is 4. The van der Waals surface area contributed by atoms with Gasteiger partial charge in [0.2, 0.25) is 23.0 Å².